The monoisotopic (exact) mass is 508 g/mol. The zero-order valence-corrected chi connectivity index (χ0v) is 21.2. The van der Waals surface area contributed by atoms with Crippen molar-refractivity contribution in [2.45, 2.75) is 37.8 Å². The minimum absolute atomic E-state index is 0.173. The second-order valence-electron chi connectivity index (χ2n) is 8.52. The molecule has 11 heteroatoms. The first-order chi connectivity index (χ1) is 17.5. The number of aryl methyl sites for hydroxylation is 1. The Morgan fingerprint density at radius 1 is 1.25 bits per heavy atom. The van der Waals surface area contributed by atoms with Crippen molar-refractivity contribution in [3.8, 4) is 5.75 Å². The van der Waals surface area contributed by atoms with Crippen LogP contribution >= 0.6 is 11.8 Å². The number of carbonyl (C=O) groups is 1. The smallest absolute Gasteiger partial charge is 0.255 e. The molecule has 5 rings (SSSR count). The van der Waals surface area contributed by atoms with Crippen LogP contribution < -0.4 is 15.4 Å². The van der Waals surface area contributed by atoms with Crippen molar-refractivity contribution in [1.82, 2.24) is 19.7 Å². The average molecular weight is 509 g/mol. The summed E-state index contributed by atoms with van der Waals surface area (Å²) < 4.78 is 18.3. The summed E-state index contributed by atoms with van der Waals surface area (Å²) >= 11 is 1.53. The Balaban J connectivity index is 1.45. The molecule has 1 saturated heterocycles. The quantitative estimate of drug-likeness (QED) is 0.439. The number of rotatable bonds is 8. The Morgan fingerprint density at radius 2 is 2.08 bits per heavy atom. The average Bonchev–Trinajstić information content (AvgIpc) is 3.53. The molecule has 0 aliphatic carbocycles. The lowest BCUT2D eigenvalue weighted by atomic mass is 9.95. The largest absolute Gasteiger partial charge is 0.497 e. The van der Waals surface area contributed by atoms with E-state index in [1.807, 2.05) is 44.2 Å². The molecule has 1 unspecified atom stereocenters. The highest BCUT2D eigenvalue weighted by molar-refractivity contribution is 7.99. The number of carbonyl (C=O) groups excluding carboxylic acids is 1. The Morgan fingerprint density at radius 3 is 2.86 bits per heavy atom. The second kappa shape index (κ2) is 10.7. The van der Waals surface area contributed by atoms with Crippen molar-refractivity contribution < 1.29 is 19.0 Å². The van der Waals surface area contributed by atoms with Crippen LogP contribution in [-0.4, -0.2) is 58.0 Å². The number of benzene rings is 1. The molecule has 36 heavy (non-hydrogen) atoms. The van der Waals surface area contributed by atoms with Gasteiger partial charge in [0, 0.05) is 24.1 Å². The molecular weight excluding hydrogens is 480 g/mol. The molecule has 188 valence electrons. The summed E-state index contributed by atoms with van der Waals surface area (Å²) in [4.78, 5) is 22.5. The summed E-state index contributed by atoms with van der Waals surface area (Å²) in [6.07, 6.45) is 3.95. The van der Waals surface area contributed by atoms with E-state index in [2.05, 4.69) is 20.6 Å². The van der Waals surface area contributed by atoms with Crippen LogP contribution in [0.25, 0.3) is 0 Å². The summed E-state index contributed by atoms with van der Waals surface area (Å²) in [6.45, 7) is 5.07. The van der Waals surface area contributed by atoms with E-state index in [4.69, 9.17) is 19.3 Å². The standard InChI is InChI=1S/C25H28N6O4S/c1-15-11-18(14-26-13-15)28-23(32)21-16(2)27-24-29-25(36-10-7-20-34-8-9-35-20)30-31(24)22(21)17-5-4-6-19(12-17)33-3/h4-6,11-14,20,22H,7-10H2,1-3H3,(H,28,32)(H,27,29,30). The lowest BCUT2D eigenvalue weighted by Gasteiger charge is -2.28. The zero-order valence-electron chi connectivity index (χ0n) is 20.4. The van der Waals surface area contributed by atoms with Gasteiger partial charge in [0.05, 0.1) is 37.8 Å². The minimum Gasteiger partial charge on any atom is -0.497 e. The van der Waals surface area contributed by atoms with Gasteiger partial charge >= 0.3 is 0 Å². The molecule has 1 aromatic carbocycles. The first-order valence-corrected chi connectivity index (χ1v) is 12.7. The van der Waals surface area contributed by atoms with Gasteiger partial charge in [-0.05, 0) is 43.2 Å². The molecule has 3 aromatic rings. The fourth-order valence-electron chi connectivity index (χ4n) is 4.25. The Kier molecular flexibility index (Phi) is 7.21. The van der Waals surface area contributed by atoms with Crippen molar-refractivity contribution in [1.29, 1.82) is 0 Å². The number of nitrogens with one attached hydrogen (secondary N) is 2. The lowest BCUT2D eigenvalue weighted by Crippen LogP contribution is -2.31. The van der Waals surface area contributed by atoms with Gasteiger partial charge in [0.15, 0.2) is 6.29 Å². The van der Waals surface area contributed by atoms with E-state index in [9.17, 15) is 4.79 Å². The maximum Gasteiger partial charge on any atom is 0.255 e. The SMILES string of the molecule is COc1cccc(C2C(C(=O)Nc3cncc(C)c3)=C(C)Nc3nc(SCCC4OCCO4)nn32)c1. The number of thioether (sulfide) groups is 1. The highest BCUT2D eigenvalue weighted by atomic mass is 32.2. The molecule has 2 aliphatic heterocycles. The van der Waals surface area contributed by atoms with E-state index in [0.717, 1.165) is 23.3 Å². The molecule has 2 N–H and O–H groups in total. The summed E-state index contributed by atoms with van der Waals surface area (Å²) in [7, 11) is 1.62. The maximum atomic E-state index is 13.6. The summed E-state index contributed by atoms with van der Waals surface area (Å²) in [6, 6.07) is 9.02. The van der Waals surface area contributed by atoms with E-state index in [1.165, 1.54) is 11.8 Å². The van der Waals surface area contributed by atoms with Gasteiger partial charge in [-0.15, -0.1) is 5.10 Å². The Bertz CT molecular complexity index is 1290. The molecule has 0 spiro atoms. The molecule has 1 atom stereocenters. The fraction of sp³-hybridized carbons (Fsp3) is 0.360. The van der Waals surface area contributed by atoms with Crippen LogP contribution in [0.2, 0.25) is 0 Å². The second-order valence-corrected chi connectivity index (χ2v) is 9.58. The van der Waals surface area contributed by atoms with Crippen LogP contribution in [0.5, 0.6) is 5.75 Å². The Hall–Kier alpha value is -3.41. The molecule has 2 aromatic heterocycles. The normalized spacial score (nSPS) is 17.6. The molecule has 0 radical (unpaired) electrons. The van der Waals surface area contributed by atoms with Crippen LogP contribution in [0.3, 0.4) is 0 Å². The van der Waals surface area contributed by atoms with Gasteiger partial charge in [-0.2, -0.15) is 4.98 Å². The summed E-state index contributed by atoms with van der Waals surface area (Å²) in [5, 5.41) is 11.6. The van der Waals surface area contributed by atoms with Gasteiger partial charge in [-0.1, -0.05) is 23.9 Å². The van der Waals surface area contributed by atoms with Crippen LogP contribution in [0.4, 0.5) is 11.6 Å². The number of methoxy groups -OCH3 is 1. The third-order valence-corrected chi connectivity index (χ3v) is 6.77. The number of hydrogen-bond acceptors (Lipinski definition) is 9. The Labute approximate surface area is 213 Å². The van der Waals surface area contributed by atoms with Gasteiger partial charge in [-0.3, -0.25) is 9.78 Å². The summed E-state index contributed by atoms with van der Waals surface area (Å²) in [5.74, 6) is 1.77. The number of nitrogens with zero attached hydrogens (tertiary/aromatic N) is 4. The predicted octanol–water partition coefficient (Wildman–Crippen LogP) is 3.77. The van der Waals surface area contributed by atoms with Gasteiger partial charge in [0.1, 0.15) is 11.8 Å². The van der Waals surface area contributed by atoms with Gasteiger partial charge < -0.3 is 24.8 Å². The molecule has 4 heterocycles. The first-order valence-electron chi connectivity index (χ1n) is 11.7. The van der Waals surface area contributed by atoms with Crippen LogP contribution in [0, 0.1) is 6.92 Å². The minimum atomic E-state index is -0.502. The third-order valence-electron chi connectivity index (χ3n) is 5.90. The van der Waals surface area contributed by atoms with E-state index in [-0.39, 0.29) is 12.2 Å². The van der Waals surface area contributed by atoms with E-state index >= 15 is 0 Å². The molecule has 1 fully saturated rings. The molecular formula is C25H28N6O4S. The number of amides is 1. The van der Waals surface area contributed by atoms with Gasteiger partial charge in [0.2, 0.25) is 11.1 Å². The van der Waals surface area contributed by atoms with Crippen molar-refractivity contribution in [2.24, 2.45) is 0 Å². The highest BCUT2D eigenvalue weighted by Gasteiger charge is 2.34. The number of anilines is 2. The van der Waals surface area contributed by atoms with Gasteiger partial charge in [0.25, 0.3) is 5.91 Å². The van der Waals surface area contributed by atoms with Gasteiger partial charge in [-0.25, -0.2) is 4.68 Å². The molecule has 0 bridgehead atoms. The highest BCUT2D eigenvalue weighted by Crippen LogP contribution is 2.37. The van der Waals surface area contributed by atoms with Crippen LogP contribution in [0.1, 0.15) is 30.5 Å². The number of allylic oxidation sites excluding steroid dienone is 1. The predicted molar refractivity (Wildman–Crippen MR) is 136 cm³/mol. The number of fused-ring (bicyclic) bond motifs is 1. The zero-order chi connectivity index (χ0) is 25.1. The van der Waals surface area contributed by atoms with Crippen molar-refractivity contribution in [3.63, 3.8) is 0 Å². The number of ether oxygens (including phenoxy) is 3. The maximum absolute atomic E-state index is 13.6. The topological polar surface area (TPSA) is 112 Å². The molecule has 10 nitrogen and oxygen atoms in total. The molecule has 1 amide bonds. The summed E-state index contributed by atoms with van der Waals surface area (Å²) in [5.41, 5.74) is 3.68. The third kappa shape index (κ3) is 5.23. The molecule has 2 aliphatic rings. The van der Waals surface area contributed by atoms with E-state index in [1.54, 1.807) is 24.2 Å². The van der Waals surface area contributed by atoms with Crippen molar-refractivity contribution in [3.05, 3.63) is 65.1 Å². The van der Waals surface area contributed by atoms with Crippen LogP contribution in [-0.2, 0) is 14.3 Å². The van der Waals surface area contributed by atoms with E-state index in [0.29, 0.717) is 47.0 Å². The van der Waals surface area contributed by atoms with Crippen molar-refractivity contribution >= 4 is 29.3 Å². The first kappa shape index (κ1) is 24.3. The number of aromatic nitrogens is 4. The fourth-order valence-corrected chi connectivity index (χ4v) is 5.04. The van der Waals surface area contributed by atoms with E-state index < -0.39 is 6.04 Å². The van der Waals surface area contributed by atoms with Crippen molar-refractivity contribution in [2.75, 3.05) is 36.7 Å². The number of hydrogen-bond donors (Lipinski definition) is 2. The molecule has 0 saturated carbocycles. The number of pyridine rings is 1. The van der Waals surface area contributed by atoms with Crippen LogP contribution in [0.15, 0.2) is 59.2 Å². The lowest BCUT2D eigenvalue weighted by molar-refractivity contribution is -0.113.